The number of hydrogen-bond acceptors (Lipinski definition) is 3. The van der Waals surface area contributed by atoms with Crippen molar-refractivity contribution >= 4 is 34.8 Å². The lowest BCUT2D eigenvalue weighted by atomic mass is 10.0. The summed E-state index contributed by atoms with van der Waals surface area (Å²) >= 11 is 6.52. The molecule has 3 N–H and O–H groups in total. The van der Waals surface area contributed by atoms with Gasteiger partial charge in [-0.2, -0.15) is 5.10 Å². The lowest BCUT2D eigenvalue weighted by molar-refractivity contribution is 1.03. The van der Waals surface area contributed by atoms with Gasteiger partial charge in [0.2, 0.25) is 0 Å². The van der Waals surface area contributed by atoms with Gasteiger partial charge in [-0.3, -0.25) is 5.43 Å². The fourth-order valence-electron chi connectivity index (χ4n) is 1.75. The molecular weight excluding hydrogens is 286 g/mol. The Morgan fingerprint density at radius 1 is 1.05 bits per heavy atom. The third-order valence-corrected chi connectivity index (χ3v) is 3.52. The van der Waals surface area contributed by atoms with E-state index in [1.165, 1.54) is 4.90 Å². The maximum atomic E-state index is 5.45. The molecule has 0 fully saturated rings. The summed E-state index contributed by atoms with van der Waals surface area (Å²) in [7, 11) is 0. The van der Waals surface area contributed by atoms with E-state index in [9.17, 15) is 0 Å². The average Bonchev–Trinajstić information content (AvgIpc) is 2.49. The number of rotatable bonds is 4. The zero-order valence-corrected chi connectivity index (χ0v) is 12.7. The van der Waals surface area contributed by atoms with Crippen LogP contribution in [0.25, 0.3) is 0 Å². The van der Waals surface area contributed by atoms with Crippen LogP contribution in [-0.2, 0) is 0 Å². The molecule has 0 atom stereocenters. The molecule has 0 aliphatic carbocycles. The first kappa shape index (κ1) is 14.6. The second-order valence-corrected chi connectivity index (χ2v) is 5.35. The zero-order valence-electron chi connectivity index (χ0n) is 11.0. The highest BCUT2D eigenvalue weighted by Gasteiger charge is 2.07. The Morgan fingerprint density at radius 3 is 2.20 bits per heavy atom. The van der Waals surface area contributed by atoms with Gasteiger partial charge in [-0.25, -0.2) is 0 Å². The van der Waals surface area contributed by atoms with E-state index in [0.717, 1.165) is 16.8 Å². The summed E-state index contributed by atoms with van der Waals surface area (Å²) in [6.45, 7) is 0. The maximum Gasteiger partial charge on any atom is 0.184 e. The first-order valence-corrected chi connectivity index (χ1v) is 7.67. The predicted octanol–water partition coefficient (Wildman–Crippen LogP) is 2.99. The fourth-order valence-corrected chi connectivity index (χ4v) is 2.21. The first-order chi connectivity index (χ1) is 9.70. The molecule has 0 bridgehead atoms. The molecule has 2 aromatic carbocycles. The van der Waals surface area contributed by atoms with Gasteiger partial charge in [-0.1, -0.05) is 42.5 Å². The van der Waals surface area contributed by atoms with Crippen LogP contribution in [0.1, 0.15) is 11.1 Å². The Bertz CT molecular complexity index is 607. The lowest BCUT2D eigenvalue weighted by Crippen LogP contribution is -2.26. The summed E-state index contributed by atoms with van der Waals surface area (Å²) in [4.78, 5) is 1.21. The Hall–Kier alpha value is -1.85. The number of nitrogens with one attached hydrogen (secondary N) is 1. The van der Waals surface area contributed by atoms with E-state index in [1.54, 1.807) is 11.8 Å². The molecule has 0 unspecified atom stereocenters. The molecule has 0 aromatic heterocycles. The van der Waals surface area contributed by atoms with E-state index in [0.29, 0.717) is 0 Å². The van der Waals surface area contributed by atoms with Gasteiger partial charge < -0.3 is 5.73 Å². The third-order valence-electron chi connectivity index (χ3n) is 2.69. The minimum absolute atomic E-state index is 0.152. The van der Waals surface area contributed by atoms with Crippen molar-refractivity contribution in [3.63, 3.8) is 0 Å². The highest BCUT2D eigenvalue weighted by Crippen LogP contribution is 2.17. The van der Waals surface area contributed by atoms with Crippen molar-refractivity contribution < 1.29 is 0 Å². The quantitative estimate of drug-likeness (QED) is 0.394. The molecule has 0 aliphatic rings. The predicted molar refractivity (Wildman–Crippen MR) is 90.2 cm³/mol. The Kier molecular flexibility index (Phi) is 5.15. The number of nitrogens with two attached hydrogens (primary N) is 1. The summed E-state index contributed by atoms with van der Waals surface area (Å²) in [5.41, 5.74) is 10.9. The number of hydrogen-bond donors (Lipinski definition) is 2. The molecular formula is C15H15N3S2. The van der Waals surface area contributed by atoms with E-state index in [-0.39, 0.29) is 5.11 Å². The van der Waals surface area contributed by atoms with Crippen LogP contribution >= 0.6 is 24.0 Å². The minimum atomic E-state index is 0.152. The highest BCUT2D eigenvalue weighted by atomic mass is 32.2. The molecule has 5 heteroatoms. The van der Waals surface area contributed by atoms with Crippen LogP contribution < -0.4 is 11.2 Å². The van der Waals surface area contributed by atoms with Gasteiger partial charge in [-0.05, 0) is 30.6 Å². The SMILES string of the molecule is CSc1ccc(/C(=N/NC(N)=S)c2ccccc2)cc1. The average molecular weight is 301 g/mol. The molecule has 0 heterocycles. The molecule has 0 saturated carbocycles. The summed E-state index contributed by atoms with van der Waals surface area (Å²) < 4.78 is 0. The standard InChI is InChI=1S/C15H15N3S2/c1-20-13-9-7-12(8-10-13)14(17-18-15(16)19)11-5-3-2-4-6-11/h2-10H,1H3,(H3,16,18,19)/b17-14+. The van der Waals surface area contributed by atoms with Gasteiger partial charge in [0.25, 0.3) is 0 Å². The minimum Gasteiger partial charge on any atom is -0.375 e. The Labute approximate surface area is 128 Å². The second-order valence-electron chi connectivity index (χ2n) is 4.03. The number of nitrogens with zero attached hydrogens (tertiary/aromatic N) is 1. The van der Waals surface area contributed by atoms with Crippen molar-refractivity contribution in [3.05, 3.63) is 65.7 Å². The number of hydrazone groups is 1. The zero-order chi connectivity index (χ0) is 14.4. The molecule has 0 radical (unpaired) electrons. The summed E-state index contributed by atoms with van der Waals surface area (Å²) in [5.74, 6) is 0. The normalized spacial score (nSPS) is 11.2. The highest BCUT2D eigenvalue weighted by molar-refractivity contribution is 7.98. The first-order valence-electron chi connectivity index (χ1n) is 6.03. The van der Waals surface area contributed by atoms with Crippen LogP contribution in [0.2, 0.25) is 0 Å². The van der Waals surface area contributed by atoms with Crippen LogP contribution in [0, 0.1) is 0 Å². The van der Waals surface area contributed by atoms with Crippen LogP contribution in [0.4, 0.5) is 0 Å². The topological polar surface area (TPSA) is 50.4 Å². The number of thioether (sulfide) groups is 1. The van der Waals surface area contributed by atoms with Gasteiger partial charge in [0.05, 0.1) is 5.71 Å². The van der Waals surface area contributed by atoms with Crippen LogP contribution in [0.15, 0.2) is 64.6 Å². The van der Waals surface area contributed by atoms with Gasteiger partial charge in [0.1, 0.15) is 0 Å². The summed E-state index contributed by atoms with van der Waals surface area (Å²) in [6.07, 6.45) is 2.05. The molecule has 2 rings (SSSR count). The molecule has 2 aromatic rings. The Morgan fingerprint density at radius 2 is 1.65 bits per heavy atom. The van der Waals surface area contributed by atoms with E-state index in [4.69, 9.17) is 18.0 Å². The third kappa shape index (κ3) is 3.82. The van der Waals surface area contributed by atoms with Crippen molar-refractivity contribution in [2.75, 3.05) is 6.26 Å². The molecule has 0 aliphatic heterocycles. The number of benzene rings is 2. The fraction of sp³-hybridized carbons (Fsp3) is 0.0667. The second kappa shape index (κ2) is 7.07. The number of thiocarbonyl (C=S) groups is 1. The summed E-state index contributed by atoms with van der Waals surface area (Å²) in [5, 5.41) is 4.46. The van der Waals surface area contributed by atoms with Gasteiger partial charge in [0.15, 0.2) is 5.11 Å². The van der Waals surface area contributed by atoms with E-state index < -0.39 is 0 Å². The van der Waals surface area contributed by atoms with Gasteiger partial charge in [0, 0.05) is 16.0 Å². The van der Waals surface area contributed by atoms with Gasteiger partial charge in [-0.15, -0.1) is 11.8 Å². The van der Waals surface area contributed by atoms with Crippen LogP contribution in [-0.4, -0.2) is 17.1 Å². The van der Waals surface area contributed by atoms with Crippen molar-refractivity contribution in [2.45, 2.75) is 4.90 Å². The van der Waals surface area contributed by atoms with Crippen LogP contribution in [0.5, 0.6) is 0 Å². The van der Waals surface area contributed by atoms with Gasteiger partial charge >= 0.3 is 0 Å². The van der Waals surface area contributed by atoms with E-state index in [1.807, 2.05) is 42.5 Å². The summed E-state index contributed by atoms with van der Waals surface area (Å²) in [6, 6.07) is 18.1. The lowest BCUT2D eigenvalue weighted by Gasteiger charge is -2.08. The maximum absolute atomic E-state index is 5.45. The van der Waals surface area contributed by atoms with Crippen molar-refractivity contribution in [1.29, 1.82) is 0 Å². The Balaban J connectivity index is 2.40. The molecule has 0 spiro atoms. The van der Waals surface area contributed by atoms with Crippen molar-refractivity contribution in [2.24, 2.45) is 10.8 Å². The largest absolute Gasteiger partial charge is 0.375 e. The molecule has 102 valence electrons. The molecule has 0 amide bonds. The van der Waals surface area contributed by atoms with E-state index in [2.05, 4.69) is 28.9 Å². The van der Waals surface area contributed by atoms with Crippen molar-refractivity contribution in [3.8, 4) is 0 Å². The molecule has 3 nitrogen and oxygen atoms in total. The van der Waals surface area contributed by atoms with Crippen molar-refractivity contribution in [1.82, 2.24) is 5.43 Å². The van der Waals surface area contributed by atoms with Crippen LogP contribution in [0.3, 0.4) is 0 Å². The molecule has 0 saturated heterocycles. The molecule has 20 heavy (non-hydrogen) atoms. The van der Waals surface area contributed by atoms with E-state index >= 15 is 0 Å². The monoisotopic (exact) mass is 301 g/mol. The smallest absolute Gasteiger partial charge is 0.184 e.